The third kappa shape index (κ3) is 4.37. The maximum atomic E-state index is 11.6. The Hall–Kier alpha value is -1.56. The van der Waals surface area contributed by atoms with Crippen LogP contribution in [-0.4, -0.2) is 28.2 Å². The topological polar surface area (TPSA) is 88.0 Å². The van der Waals surface area contributed by atoms with Gasteiger partial charge in [0.2, 0.25) is 0 Å². The number of H-pyrrole nitrogens is 1. The van der Waals surface area contributed by atoms with E-state index in [-0.39, 0.29) is 17.3 Å². The molecular weight excluding hydrogens is 258 g/mol. The van der Waals surface area contributed by atoms with Crippen molar-refractivity contribution < 1.29 is 9.72 Å². The Morgan fingerprint density at radius 3 is 2.94 bits per heavy atom. The molecule has 1 rings (SSSR count). The van der Waals surface area contributed by atoms with Crippen molar-refractivity contribution in [3.05, 3.63) is 28.1 Å². The van der Waals surface area contributed by atoms with Crippen LogP contribution in [0.1, 0.15) is 30.3 Å². The lowest BCUT2D eigenvalue weighted by molar-refractivity contribution is -0.384. The van der Waals surface area contributed by atoms with Crippen LogP contribution in [0, 0.1) is 16.0 Å². The molecule has 100 valence electrons. The highest BCUT2D eigenvalue weighted by molar-refractivity contribution is 6.18. The summed E-state index contributed by atoms with van der Waals surface area (Å²) in [6, 6.07) is 1.22. The summed E-state index contributed by atoms with van der Waals surface area (Å²) in [5.74, 6) is 0.702. The van der Waals surface area contributed by atoms with Crippen molar-refractivity contribution in [1.29, 1.82) is 0 Å². The predicted molar refractivity (Wildman–Crippen MR) is 68.9 cm³/mol. The molecule has 2 N–H and O–H groups in total. The minimum absolute atomic E-state index is 0.115. The van der Waals surface area contributed by atoms with Gasteiger partial charge in [-0.2, -0.15) is 0 Å². The van der Waals surface area contributed by atoms with Gasteiger partial charge in [0.1, 0.15) is 5.69 Å². The van der Waals surface area contributed by atoms with E-state index >= 15 is 0 Å². The molecule has 0 aliphatic heterocycles. The van der Waals surface area contributed by atoms with Crippen LogP contribution in [0.5, 0.6) is 0 Å². The molecule has 7 heteroatoms. The first kappa shape index (κ1) is 14.5. The van der Waals surface area contributed by atoms with Gasteiger partial charge in [0, 0.05) is 18.5 Å². The number of nitro groups is 1. The molecule has 0 spiro atoms. The lowest BCUT2D eigenvalue weighted by Gasteiger charge is -2.07. The SMILES string of the molecule is CC(CCl)CCCNC(=O)c1cc([N+](=O)[O-])c[nH]1. The number of rotatable bonds is 7. The molecule has 1 aromatic heterocycles. The monoisotopic (exact) mass is 273 g/mol. The van der Waals surface area contributed by atoms with Crippen LogP contribution in [0.25, 0.3) is 0 Å². The highest BCUT2D eigenvalue weighted by Crippen LogP contribution is 2.12. The van der Waals surface area contributed by atoms with Gasteiger partial charge in [0.25, 0.3) is 11.6 Å². The van der Waals surface area contributed by atoms with Crippen LogP contribution in [0.2, 0.25) is 0 Å². The Morgan fingerprint density at radius 2 is 2.39 bits per heavy atom. The van der Waals surface area contributed by atoms with Gasteiger partial charge >= 0.3 is 0 Å². The van der Waals surface area contributed by atoms with E-state index in [0.29, 0.717) is 18.3 Å². The molecule has 1 unspecified atom stereocenters. The summed E-state index contributed by atoms with van der Waals surface area (Å²) in [5, 5.41) is 13.1. The van der Waals surface area contributed by atoms with Crippen LogP contribution in [-0.2, 0) is 0 Å². The van der Waals surface area contributed by atoms with E-state index in [4.69, 9.17) is 11.6 Å². The summed E-state index contributed by atoms with van der Waals surface area (Å²) < 4.78 is 0. The van der Waals surface area contributed by atoms with E-state index in [1.165, 1.54) is 12.3 Å². The molecule has 0 aromatic carbocycles. The largest absolute Gasteiger partial charge is 0.351 e. The van der Waals surface area contributed by atoms with E-state index in [1.54, 1.807) is 0 Å². The molecule has 0 aliphatic carbocycles. The number of amides is 1. The van der Waals surface area contributed by atoms with E-state index in [0.717, 1.165) is 12.8 Å². The van der Waals surface area contributed by atoms with Gasteiger partial charge in [-0.1, -0.05) is 6.92 Å². The fraction of sp³-hybridized carbons (Fsp3) is 0.545. The molecule has 0 fully saturated rings. The summed E-state index contributed by atoms with van der Waals surface area (Å²) >= 11 is 5.67. The summed E-state index contributed by atoms with van der Waals surface area (Å²) in [6.45, 7) is 2.58. The Labute approximate surface area is 110 Å². The minimum Gasteiger partial charge on any atom is -0.351 e. The second kappa shape index (κ2) is 7.00. The van der Waals surface area contributed by atoms with Crippen molar-refractivity contribution in [3.63, 3.8) is 0 Å². The maximum Gasteiger partial charge on any atom is 0.287 e. The number of carbonyl (C=O) groups excluding carboxylic acids is 1. The zero-order chi connectivity index (χ0) is 13.5. The number of aromatic amines is 1. The first-order chi connectivity index (χ1) is 8.54. The van der Waals surface area contributed by atoms with Gasteiger partial charge in [-0.3, -0.25) is 14.9 Å². The van der Waals surface area contributed by atoms with Crippen LogP contribution in [0.15, 0.2) is 12.3 Å². The number of hydrogen-bond donors (Lipinski definition) is 2. The lowest BCUT2D eigenvalue weighted by atomic mass is 10.1. The Balaban J connectivity index is 2.34. The maximum absolute atomic E-state index is 11.6. The normalized spacial score (nSPS) is 12.1. The highest BCUT2D eigenvalue weighted by atomic mass is 35.5. The molecule has 18 heavy (non-hydrogen) atoms. The van der Waals surface area contributed by atoms with Crippen LogP contribution >= 0.6 is 11.6 Å². The van der Waals surface area contributed by atoms with E-state index in [1.807, 2.05) is 6.92 Å². The second-order valence-corrected chi connectivity index (χ2v) is 4.49. The number of alkyl halides is 1. The van der Waals surface area contributed by atoms with Crippen LogP contribution < -0.4 is 5.32 Å². The molecule has 1 aromatic rings. The van der Waals surface area contributed by atoms with Crippen molar-refractivity contribution in [2.75, 3.05) is 12.4 Å². The second-order valence-electron chi connectivity index (χ2n) is 4.19. The third-order valence-electron chi connectivity index (χ3n) is 2.55. The quantitative estimate of drug-likeness (QED) is 0.346. The molecule has 6 nitrogen and oxygen atoms in total. The summed E-state index contributed by atoms with van der Waals surface area (Å²) in [5.41, 5.74) is 0.0861. The standard InChI is InChI=1S/C11H16ClN3O3/c1-8(6-12)3-2-4-13-11(16)10-5-9(7-14-10)15(17)18/h5,7-8,14H,2-4,6H2,1H3,(H,13,16). The molecule has 0 bridgehead atoms. The van der Waals surface area contributed by atoms with Crippen molar-refractivity contribution >= 4 is 23.2 Å². The Bertz CT molecular complexity index is 419. The van der Waals surface area contributed by atoms with Crippen LogP contribution in [0.4, 0.5) is 5.69 Å². The van der Waals surface area contributed by atoms with Crippen molar-refractivity contribution in [3.8, 4) is 0 Å². The number of carbonyl (C=O) groups is 1. The summed E-state index contributed by atoms with van der Waals surface area (Å²) in [6.07, 6.45) is 2.97. The van der Waals surface area contributed by atoms with E-state index in [2.05, 4.69) is 10.3 Å². The van der Waals surface area contributed by atoms with Gasteiger partial charge in [0.15, 0.2) is 0 Å². The number of nitrogens with one attached hydrogen (secondary N) is 2. The fourth-order valence-corrected chi connectivity index (χ4v) is 1.60. The third-order valence-corrected chi connectivity index (χ3v) is 3.07. The number of nitrogens with zero attached hydrogens (tertiary/aromatic N) is 1. The van der Waals surface area contributed by atoms with Gasteiger partial charge in [-0.15, -0.1) is 11.6 Å². The first-order valence-corrected chi connectivity index (χ1v) is 6.25. The molecule has 0 saturated carbocycles. The molecule has 0 saturated heterocycles. The Morgan fingerprint density at radius 1 is 1.67 bits per heavy atom. The Kier molecular flexibility index (Phi) is 5.64. The van der Waals surface area contributed by atoms with Crippen molar-refractivity contribution in [1.82, 2.24) is 10.3 Å². The average Bonchev–Trinajstić information content (AvgIpc) is 2.83. The summed E-state index contributed by atoms with van der Waals surface area (Å²) in [4.78, 5) is 24.1. The smallest absolute Gasteiger partial charge is 0.287 e. The van der Waals surface area contributed by atoms with Gasteiger partial charge in [0.05, 0.1) is 11.1 Å². The minimum atomic E-state index is -0.546. The van der Waals surface area contributed by atoms with Gasteiger partial charge in [-0.25, -0.2) is 0 Å². The van der Waals surface area contributed by atoms with E-state index in [9.17, 15) is 14.9 Å². The van der Waals surface area contributed by atoms with E-state index < -0.39 is 4.92 Å². The zero-order valence-corrected chi connectivity index (χ0v) is 10.9. The van der Waals surface area contributed by atoms with Gasteiger partial charge in [-0.05, 0) is 18.8 Å². The number of hydrogen-bond acceptors (Lipinski definition) is 3. The molecule has 0 radical (unpaired) electrons. The molecule has 1 amide bonds. The predicted octanol–water partition coefficient (Wildman–Crippen LogP) is 2.31. The molecular formula is C11H16ClN3O3. The lowest BCUT2D eigenvalue weighted by Crippen LogP contribution is -2.25. The zero-order valence-electron chi connectivity index (χ0n) is 10.1. The van der Waals surface area contributed by atoms with Crippen LogP contribution in [0.3, 0.4) is 0 Å². The number of halogens is 1. The summed E-state index contributed by atoms with van der Waals surface area (Å²) in [7, 11) is 0. The first-order valence-electron chi connectivity index (χ1n) is 5.71. The van der Waals surface area contributed by atoms with Gasteiger partial charge < -0.3 is 10.3 Å². The van der Waals surface area contributed by atoms with Crippen molar-refractivity contribution in [2.45, 2.75) is 19.8 Å². The fourth-order valence-electron chi connectivity index (χ4n) is 1.44. The average molecular weight is 274 g/mol. The van der Waals surface area contributed by atoms with Crippen molar-refractivity contribution in [2.24, 2.45) is 5.92 Å². The molecule has 1 heterocycles. The number of aromatic nitrogens is 1. The molecule has 0 aliphatic rings. The molecule has 1 atom stereocenters. The highest BCUT2D eigenvalue weighted by Gasteiger charge is 2.13.